The van der Waals surface area contributed by atoms with Crippen molar-refractivity contribution >= 4 is 17.9 Å². The van der Waals surface area contributed by atoms with Gasteiger partial charge in [-0.25, -0.2) is 4.98 Å². The molecule has 1 aromatic rings. The number of fused-ring (bicyclic) bond motifs is 1. The van der Waals surface area contributed by atoms with E-state index >= 15 is 0 Å². The van der Waals surface area contributed by atoms with E-state index in [-0.39, 0.29) is 48.3 Å². The first-order valence-corrected chi connectivity index (χ1v) is 11.4. The molecule has 2 aliphatic heterocycles. The normalized spacial score (nSPS) is 23.3. The van der Waals surface area contributed by atoms with Crippen LogP contribution < -0.4 is 4.74 Å². The summed E-state index contributed by atoms with van der Waals surface area (Å²) in [6.45, 7) is 7.63. The molecule has 8 nitrogen and oxygen atoms in total. The summed E-state index contributed by atoms with van der Waals surface area (Å²) in [6, 6.07) is 1.43. The average Bonchev–Trinajstić information content (AvgIpc) is 2.81. The van der Waals surface area contributed by atoms with Gasteiger partial charge in [-0.3, -0.25) is 9.59 Å². The predicted octanol–water partition coefficient (Wildman–Crippen LogP) is 2.22. The maximum Gasteiger partial charge on any atom is 0.259 e. The van der Waals surface area contributed by atoms with Gasteiger partial charge in [0.15, 0.2) is 0 Å². The SMILES string of the molecule is C/C=C/c1cnc2c(c1)C(=O)N([C@@H](C)CO)C[C@@H](C)[C@@H](CN(C)C(=O)C1CCOCC1)O2. The molecule has 1 saturated heterocycles. The smallest absolute Gasteiger partial charge is 0.259 e. The fraction of sp³-hybridized carbons (Fsp3) is 0.625. The Labute approximate surface area is 190 Å². The second kappa shape index (κ2) is 10.9. The van der Waals surface area contributed by atoms with Crippen molar-refractivity contribution in [1.82, 2.24) is 14.8 Å². The molecule has 0 unspecified atom stereocenters. The van der Waals surface area contributed by atoms with Crippen molar-refractivity contribution in [3.63, 3.8) is 0 Å². The molecule has 3 atom stereocenters. The van der Waals surface area contributed by atoms with Gasteiger partial charge in [-0.15, -0.1) is 0 Å². The molecule has 0 saturated carbocycles. The summed E-state index contributed by atoms with van der Waals surface area (Å²) in [5.74, 6) is 0.0561. The Morgan fingerprint density at radius 1 is 1.41 bits per heavy atom. The lowest BCUT2D eigenvalue weighted by atomic mass is 9.97. The van der Waals surface area contributed by atoms with Crippen LogP contribution in [-0.4, -0.2) is 83.8 Å². The molecule has 2 aliphatic rings. The first kappa shape index (κ1) is 24.2. The lowest BCUT2D eigenvalue weighted by molar-refractivity contribution is -0.138. The highest BCUT2D eigenvalue weighted by Crippen LogP contribution is 2.28. The minimum absolute atomic E-state index is 0.0288. The Morgan fingerprint density at radius 2 is 2.12 bits per heavy atom. The van der Waals surface area contributed by atoms with Gasteiger partial charge in [-0.1, -0.05) is 19.1 Å². The number of pyridine rings is 1. The Hall–Kier alpha value is -2.45. The number of allylic oxidation sites excluding steroid dienone is 1. The third-order valence-electron chi connectivity index (χ3n) is 6.30. The van der Waals surface area contributed by atoms with E-state index in [0.29, 0.717) is 31.9 Å². The molecule has 32 heavy (non-hydrogen) atoms. The monoisotopic (exact) mass is 445 g/mol. The number of carbonyl (C=O) groups excluding carboxylic acids is 2. The summed E-state index contributed by atoms with van der Waals surface area (Å²) < 4.78 is 11.6. The van der Waals surface area contributed by atoms with Crippen molar-refractivity contribution in [2.75, 3.05) is 40.0 Å². The van der Waals surface area contributed by atoms with Crippen molar-refractivity contribution in [2.45, 2.75) is 45.8 Å². The molecule has 0 bridgehead atoms. The summed E-state index contributed by atoms with van der Waals surface area (Å²) >= 11 is 0. The highest BCUT2D eigenvalue weighted by atomic mass is 16.5. The van der Waals surface area contributed by atoms with Gasteiger partial charge >= 0.3 is 0 Å². The van der Waals surface area contributed by atoms with E-state index in [1.165, 1.54) is 0 Å². The molecule has 0 aliphatic carbocycles. The predicted molar refractivity (Wildman–Crippen MR) is 121 cm³/mol. The molecule has 0 aromatic carbocycles. The number of rotatable bonds is 6. The van der Waals surface area contributed by atoms with E-state index < -0.39 is 0 Å². The number of nitrogens with zero attached hydrogens (tertiary/aromatic N) is 3. The summed E-state index contributed by atoms with van der Waals surface area (Å²) in [6.07, 6.45) is 6.56. The number of aliphatic hydroxyl groups is 1. The highest BCUT2D eigenvalue weighted by molar-refractivity contribution is 5.97. The summed E-state index contributed by atoms with van der Waals surface area (Å²) in [4.78, 5) is 34.1. The standard InChI is InChI=1S/C24H35N3O5/c1-5-6-18-11-20-22(25-12-18)32-21(16(2)13-27(24(20)30)17(3)15-28)14-26(4)23(29)19-7-9-31-10-8-19/h5-6,11-12,16-17,19,21,28H,7-10,13-15H2,1-4H3/b6-5+/t16-,17+,21-/m1/s1. The van der Waals surface area contributed by atoms with Crippen LogP contribution in [0.5, 0.6) is 5.88 Å². The van der Waals surface area contributed by atoms with Crippen LogP contribution in [0.2, 0.25) is 0 Å². The Bertz CT molecular complexity index is 837. The minimum Gasteiger partial charge on any atom is -0.472 e. The zero-order valence-corrected chi connectivity index (χ0v) is 19.5. The van der Waals surface area contributed by atoms with Crippen LogP contribution in [0.15, 0.2) is 18.3 Å². The van der Waals surface area contributed by atoms with E-state index in [0.717, 1.165) is 18.4 Å². The minimum atomic E-state index is -0.344. The second-order valence-corrected chi connectivity index (χ2v) is 8.85. The Morgan fingerprint density at radius 3 is 2.78 bits per heavy atom. The van der Waals surface area contributed by atoms with Crippen LogP contribution in [0.4, 0.5) is 0 Å². The van der Waals surface area contributed by atoms with Gasteiger partial charge in [0.2, 0.25) is 11.8 Å². The molecular weight excluding hydrogens is 410 g/mol. The van der Waals surface area contributed by atoms with Crippen LogP contribution >= 0.6 is 0 Å². The number of ether oxygens (including phenoxy) is 2. The molecule has 3 rings (SSSR count). The largest absolute Gasteiger partial charge is 0.472 e. The lowest BCUT2D eigenvalue weighted by Crippen LogP contribution is -2.51. The van der Waals surface area contributed by atoms with Crippen molar-refractivity contribution in [2.24, 2.45) is 11.8 Å². The van der Waals surface area contributed by atoms with Gasteiger partial charge in [-0.2, -0.15) is 0 Å². The Kier molecular flexibility index (Phi) is 8.26. The summed E-state index contributed by atoms with van der Waals surface area (Å²) in [5, 5.41) is 9.75. The molecule has 176 valence electrons. The molecule has 0 radical (unpaired) electrons. The van der Waals surface area contributed by atoms with Gasteiger partial charge in [-0.05, 0) is 38.3 Å². The lowest BCUT2D eigenvalue weighted by Gasteiger charge is -2.38. The fourth-order valence-corrected chi connectivity index (χ4v) is 4.24. The zero-order valence-electron chi connectivity index (χ0n) is 19.5. The van der Waals surface area contributed by atoms with E-state index in [4.69, 9.17) is 9.47 Å². The number of amides is 2. The summed E-state index contributed by atoms with van der Waals surface area (Å²) in [5.41, 5.74) is 1.17. The molecule has 1 N–H and O–H groups in total. The van der Waals surface area contributed by atoms with E-state index in [1.807, 2.05) is 32.9 Å². The van der Waals surface area contributed by atoms with Crippen molar-refractivity contribution < 1.29 is 24.2 Å². The third kappa shape index (κ3) is 5.48. The molecule has 8 heteroatoms. The van der Waals surface area contributed by atoms with E-state index in [1.54, 1.807) is 29.1 Å². The fourth-order valence-electron chi connectivity index (χ4n) is 4.24. The second-order valence-electron chi connectivity index (χ2n) is 8.85. The molecule has 0 spiro atoms. The Balaban J connectivity index is 1.88. The number of aliphatic hydroxyl groups excluding tert-OH is 1. The maximum atomic E-state index is 13.3. The first-order chi connectivity index (χ1) is 15.3. The molecule has 3 heterocycles. The number of hydrogen-bond donors (Lipinski definition) is 1. The van der Waals surface area contributed by atoms with Crippen LogP contribution in [-0.2, 0) is 9.53 Å². The van der Waals surface area contributed by atoms with Gasteiger partial charge in [0.25, 0.3) is 5.91 Å². The molecule has 1 fully saturated rings. The van der Waals surface area contributed by atoms with Crippen molar-refractivity contribution in [3.05, 3.63) is 29.5 Å². The molecular formula is C24H35N3O5. The first-order valence-electron chi connectivity index (χ1n) is 11.4. The van der Waals surface area contributed by atoms with Gasteiger partial charge < -0.3 is 24.4 Å². The quantitative estimate of drug-likeness (QED) is 0.722. The van der Waals surface area contributed by atoms with Crippen molar-refractivity contribution in [1.29, 1.82) is 0 Å². The zero-order chi connectivity index (χ0) is 23.3. The number of aromatic nitrogens is 1. The van der Waals surface area contributed by atoms with Gasteiger partial charge in [0.1, 0.15) is 11.7 Å². The average molecular weight is 446 g/mol. The maximum absolute atomic E-state index is 13.3. The molecule has 1 aromatic heterocycles. The van der Waals surface area contributed by atoms with Gasteiger partial charge in [0, 0.05) is 44.8 Å². The van der Waals surface area contributed by atoms with Gasteiger partial charge in [0.05, 0.1) is 19.2 Å². The number of likely N-dealkylation sites (N-methyl/N-ethyl adjacent to an activating group) is 1. The van der Waals surface area contributed by atoms with Crippen LogP contribution in [0.1, 0.15) is 49.5 Å². The van der Waals surface area contributed by atoms with Crippen LogP contribution in [0.3, 0.4) is 0 Å². The third-order valence-corrected chi connectivity index (χ3v) is 6.30. The summed E-state index contributed by atoms with van der Waals surface area (Å²) in [7, 11) is 1.80. The topological polar surface area (TPSA) is 92.2 Å². The van der Waals surface area contributed by atoms with Crippen molar-refractivity contribution in [3.8, 4) is 5.88 Å². The van der Waals surface area contributed by atoms with Crippen LogP contribution in [0, 0.1) is 11.8 Å². The van der Waals surface area contributed by atoms with E-state index in [2.05, 4.69) is 4.98 Å². The number of carbonyl (C=O) groups is 2. The number of hydrogen-bond acceptors (Lipinski definition) is 6. The van der Waals surface area contributed by atoms with Crippen LogP contribution in [0.25, 0.3) is 6.08 Å². The molecule has 2 amide bonds. The van der Waals surface area contributed by atoms with E-state index in [9.17, 15) is 14.7 Å². The highest BCUT2D eigenvalue weighted by Gasteiger charge is 2.35.